The molecular weight excluding hydrogens is 222 g/mol. The monoisotopic (exact) mass is 245 g/mol. The van der Waals surface area contributed by atoms with Gasteiger partial charge in [-0.25, -0.2) is 9.97 Å². The predicted octanol–water partition coefficient (Wildman–Crippen LogP) is 3.79. The topological polar surface area (TPSA) is 30.7 Å². The maximum absolute atomic E-state index is 4.49. The Morgan fingerprint density at radius 2 is 1.67 bits per heavy atom. The molecule has 3 heteroatoms. The highest BCUT2D eigenvalue weighted by Gasteiger charge is 2.28. The van der Waals surface area contributed by atoms with Gasteiger partial charge in [0.1, 0.15) is 12.0 Å². The van der Waals surface area contributed by atoms with E-state index < -0.39 is 0 Å². The van der Waals surface area contributed by atoms with Gasteiger partial charge in [-0.1, -0.05) is 20.8 Å². The summed E-state index contributed by atoms with van der Waals surface area (Å²) in [4.78, 5) is 8.69. The predicted molar refractivity (Wildman–Crippen MR) is 76.0 cm³/mol. The van der Waals surface area contributed by atoms with Crippen LogP contribution >= 0.6 is 0 Å². The second-order valence-electron chi connectivity index (χ2n) is 6.98. The molecule has 0 spiro atoms. The van der Waals surface area contributed by atoms with Crippen molar-refractivity contribution in [2.24, 2.45) is 0 Å². The van der Waals surface area contributed by atoms with Crippen molar-refractivity contribution in [3.05, 3.63) is 23.8 Å². The lowest BCUT2D eigenvalue weighted by molar-refractivity contribution is 0.397. The van der Waals surface area contributed by atoms with E-state index in [1.807, 2.05) is 6.20 Å². The van der Waals surface area contributed by atoms with Gasteiger partial charge >= 0.3 is 0 Å². The lowest BCUT2D eigenvalue weighted by Crippen LogP contribution is -2.24. The van der Waals surface area contributed by atoms with Crippen molar-refractivity contribution in [3.8, 4) is 0 Å². The zero-order chi connectivity index (χ0) is 13.7. The Labute approximate surface area is 109 Å². The van der Waals surface area contributed by atoms with Gasteiger partial charge in [0, 0.05) is 22.8 Å². The van der Waals surface area contributed by atoms with Crippen molar-refractivity contribution in [3.63, 3.8) is 0 Å². The fourth-order valence-corrected chi connectivity index (χ4v) is 2.91. The average Bonchev–Trinajstić information content (AvgIpc) is 2.47. The van der Waals surface area contributed by atoms with Crippen molar-refractivity contribution >= 4 is 11.0 Å². The first kappa shape index (κ1) is 13.1. The minimum absolute atomic E-state index is 0.0280. The summed E-state index contributed by atoms with van der Waals surface area (Å²) >= 11 is 0. The Morgan fingerprint density at radius 1 is 1.06 bits per heavy atom. The van der Waals surface area contributed by atoms with Gasteiger partial charge in [0.05, 0.1) is 0 Å². The third-order valence-corrected chi connectivity index (χ3v) is 3.29. The molecule has 0 saturated heterocycles. The second-order valence-corrected chi connectivity index (χ2v) is 6.98. The highest BCUT2D eigenvalue weighted by Crippen LogP contribution is 2.36. The van der Waals surface area contributed by atoms with Crippen LogP contribution in [-0.4, -0.2) is 14.5 Å². The Morgan fingerprint density at radius 3 is 2.17 bits per heavy atom. The Kier molecular flexibility index (Phi) is 2.76. The van der Waals surface area contributed by atoms with Gasteiger partial charge in [-0.3, -0.25) is 0 Å². The molecular formula is C15H23N3. The average molecular weight is 245 g/mol. The second kappa shape index (κ2) is 3.81. The zero-order valence-electron chi connectivity index (χ0n) is 12.5. The van der Waals surface area contributed by atoms with Crippen LogP contribution in [0.1, 0.15) is 52.8 Å². The molecule has 0 aliphatic rings. The van der Waals surface area contributed by atoms with E-state index in [0.29, 0.717) is 0 Å². The molecule has 0 unspecified atom stereocenters. The Bertz CT molecular complexity index is 529. The summed E-state index contributed by atoms with van der Waals surface area (Å²) in [5.74, 6) is 0. The molecule has 3 nitrogen and oxygen atoms in total. The highest BCUT2D eigenvalue weighted by molar-refractivity contribution is 5.82. The molecule has 0 N–H and O–H groups in total. The van der Waals surface area contributed by atoms with Crippen molar-refractivity contribution < 1.29 is 0 Å². The lowest BCUT2D eigenvalue weighted by atomic mass is 9.85. The Balaban J connectivity index is 2.94. The number of rotatable bonds is 0. The highest BCUT2D eigenvalue weighted by atomic mass is 15.1. The molecule has 0 radical (unpaired) electrons. The normalized spacial score (nSPS) is 13.3. The maximum Gasteiger partial charge on any atom is 0.144 e. The smallest absolute Gasteiger partial charge is 0.144 e. The van der Waals surface area contributed by atoms with E-state index in [0.717, 1.165) is 5.65 Å². The molecule has 0 amide bonds. The number of hydrogen-bond acceptors (Lipinski definition) is 2. The third-order valence-electron chi connectivity index (χ3n) is 3.29. The largest absolute Gasteiger partial charge is 0.324 e. The molecule has 0 bridgehead atoms. The van der Waals surface area contributed by atoms with Crippen LogP contribution in [0.3, 0.4) is 0 Å². The van der Waals surface area contributed by atoms with Gasteiger partial charge in [-0.2, -0.15) is 0 Å². The summed E-state index contributed by atoms with van der Waals surface area (Å²) in [5.41, 5.74) is 3.82. The molecule has 98 valence electrons. The quantitative estimate of drug-likeness (QED) is 0.707. The fraction of sp³-hybridized carbons (Fsp3) is 0.600. The molecule has 2 rings (SSSR count). The van der Waals surface area contributed by atoms with Crippen molar-refractivity contribution in [2.45, 2.75) is 59.4 Å². The van der Waals surface area contributed by atoms with Gasteiger partial charge in [0.2, 0.25) is 0 Å². The fourth-order valence-electron chi connectivity index (χ4n) is 2.91. The van der Waals surface area contributed by atoms with E-state index in [1.165, 1.54) is 16.6 Å². The summed E-state index contributed by atoms with van der Waals surface area (Å²) in [6, 6.07) is 0. The molecule has 0 aliphatic carbocycles. The van der Waals surface area contributed by atoms with E-state index in [2.05, 4.69) is 63.0 Å². The molecule has 2 heterocycles. The van der Waals surface area contributed by atoms with Crippen LogP contribution in [0.15, 0.2) is 12.5 Å². The van der Waals surface area contributed by atoms with Crippen molar-refractivity contribution in [1.29, 1.82) is 0 Å². The van der Waals surface area contributed by atoms with Crippen LogP contribution in [0.4, 0.5) is 0 Å². The van der Waals surface area contributed by atoms with E-state index in [1.54, 1.807) is 6.33 Å². The lowest BCUT2D eigenvalue weighted by Gasteiger charge is -2.26. The van der Waals surface area contributed by atoms with Crippen LogP contribution in [0.5, 0.6) is 0 Å². The SMILES string of the molecule is Cc1c(C(C)(C)C)c2cncnc2n1C(C)(C)C. The first-order chi connectivity index (χ1) is 8.14. The van der Waals surface area contributed by atoms with E-state index in [4.69, 9.17) is 0 Å². The van der Waals surface area contributed by atoms with Crippen LogP contribution < -0.4 is 0 Å². The van der Waals surface area contributed by atoms with E-state index in [-0.39, 0.29) is 11.0 Å². The number of aromatic nitrogens is 3. The third kappa shape index (κ3) is 1.92. The molecule has 0 aromatic carbocycles. The zero-order valence-corrected chi connectivity index (χ0v) is 12.5. The first-order valence-electron chi connectivity index (χ1n) is 6.46. The van der Waals surface area contributed by atoms with Crippen molar-refractivity contribution in [2.75, 3.05) is 0 Å². The number of nitrogens with zero attached hydrogens (tertiary/aromatic N) is 3. The molecule has 0 aliphatic heterocycles. The minimum atomic E-state index is 0.0280. The van der Waals surface area contributed by atoms with Crippen LogP contribution in [-0.2, 0) is 11.0 Å². The summed E-state index contributed by atoms with van der Waals surface area (Å²) in [5, 5.41) is 1.18. The Hall–Kier alpha value is -1.38. The van der Waals surface area contributed by atoms with Crippen molar-refractivity contribution in [1.82, 2.24) is 14.5 Å². The molecule has 2 aromatic rings. The van der Waals surface area contributed by atoms with Crippen LogP contribution in [0.2, 0.25) is 0 Å². The van der Waals surface area contributed by atoms with Gasteiger partial charge < -0.3 is 4.57 Å². The van der Waals surface area contributed by atoms with E-state index in [9.17, 15) is 0 Å². The number of hydrogen-bond donors (Lipinski definition) is 0. The molecule has 0 fully saturated rings. The van der Waals surface area contributed by atoms with Crippen LogP contribution in [0.25, 0.3) is 11.0 Å². The minimum Gasteiger partial charge on any atom is -0.324 e. The number of fused-ring (bicyclic) bond motifs is 1. The summed E-state index contributed by atoms with van der Waals surface area (Å²) in [6.45, 7) is 15.6. The summed E-state index contributed by atoms with van der Waals surface area (Å²) in [7, 11) is 0. The maximum atomic E-state index is 4.49. The van der Waals surface area contributed by atoms with E-state index >= 15 is 0 Å². The molecule has 18 heavy (non-hydrogen) atoms. The molecule has 0 saturated carbocycles. The van der Waals surface area contributed by atoms with Crippen LogP contribution in [0, 0.1) is 6.92 Å². The molecule has 0 atom stereocenters. The molecule has 2 aromatic heterocycles. The van der Waals surface area contributed by atoms with Gasteiger partial charge in [0.25, 0.3) is 0 Å². The van der Waals surface area contributed by atoms with Gasteiger partial charge in [0.15, 0.2) is 0 Å². The van der Waals surface area contributed by atoms with Gasteiger partial charge in [-0.05, 0) is 38.7 Å². The van der Waals surface area contributed by atoms with Gasteiger partial charge in [-0.15, -0.1) is 0 Å². The summed E-state index contributed by atoms with van der Waals surface area (Å²) < 4.78 is 2.32. The first-order valence-corrected chi connectivity index (χ1v) is 6.46. The standard InChI is InChI=1S/C15H23N3/c1-10-12(14(2,3)4)11-8-16-9-17-13(11)18(10)15(5,6)7/h8-9H,1-7H3. The summed E-state index contributed by atoms with van der Waals surface area (Å²) in [6.07, 6.45) is 3.58.